The van der Waals surface area contributed by atoms with E-state index in [0.717, 1.165) is 57.8 Å². The van der Waals surface area contributed by atoms with E-state index in [1.165, 1.54) is 0 Å². The molecule has 10 nitrogen and oxygen atoms in total. The highest BCUT2D eigenvalue weighted by atomic mass is 32.2. The molecule has 0 atom stereocenters. The quantitative estimate of drug-likeness (QED) is 0.213. The SMILES string of the molecule is CC(C)(C)C(=O)C(=[N+]=[N-])S(=O)(=O)C1CCCCC1.O=C(O)NC1(S(=O)(=O)C2CCCCC2)CCCCC1. The molecule has 3 rings (SSSR count). The zero-order valence-corrected chi connectivity index (χ0v) is 24.0. The van der Waals surface area contributed by atoms with Gasteiger partial charge in [-0.1, -0.05) is 78.6 Å². The van der Waals surface area contributed by atoms with Crippen LogP contribution in [-0.2, 0) is 24.5 Å². The Morgan fingerprint density at radius 2 is 1.24 bits per heavy atom. The minimum Gasteiger partial charge on any atom is -0.465 e. The Bertz CT molecular complexity index is 1070. The largest absolute Gasteiger partial charge is 0.465 e. The van der Waals surface area contributed by atoms with E-state index in [2.05, 4.69) is 10.1 Å². The number of rotatable bonds is 5. The Morgan fingerprint density at radius 3 is 1.65 bits per heavy atom. The van der Waals surface area contributed by atoms with Gasteiger partial charge in [-0.3, -0.25) is 4.79 Å². The first-order valence-corrected chi connectivity index (χ1v) is 16.5. The van der Waals surface area contributed by atoms with Gasteiger partial charge in [-0.15, -0.1) is 4.79 Å². The topological polar surface area (TPSA) is 171 Å². The molecule has 0 saturated heterocycles. The van der Waals surface area contributed by atoms with Gasteiger partial charge in [0.25, 0.3) is 15.6 Å². The molecule has 12 heteroatoms. The molecule has 1 amide bonds. The first-order valence-electron chi connectivity index (χ1n) is 13.4. The standard InChI is InChI=1S/C13H23NO4S.C12H20N2O3S/c15-12(16)14-13(9-5-2-6-10-13)19(17,18)11-7-3-1-4-8-11;1-12(2,3)10(15)11(14-13)18(16,17)9-7-5-4-6-8-9/h11,14H,1-10H2,(H,15,16);9H,4-8H2,1-3H3. The summed E-state index contributed by atoms with van der Waals surface area (Å²) in [5, 5.41) is 9.76. The molecule has 3 aliphatic rings. The Morgan fingerprint density at radius 1 is 0.811 bits per heavy atom. The molecule has 3 saturated carbocycles. The van der Waals surface area contributed by atoms with Crippen LogP contribution < -0.4 is 5.32 Å². The molecular weight excluding hydrogens is 518 g/mol. The lowest BCUT2D eigenvalue weighted by atomic mass is 9.91. The van der Waals surface area contributed by atoms with Crippen LogP contribution in [0.15, 0.2) is 0 Å². The molecule has 0 aromatic heterocycles. The summed E-state index contributed by atoms with van der Waals surface area (Å²) in [5.74, 6) is -0.629. The summed E-state index contributed by atoms with van der Waals surface area (Å²) in [6, 6.07) is 0. The second-order valence-corrected chi connectivity index (χ2v) is 16.3. The van der Waals surface area contributed by atoms with Crippen molar-refractivity contribution in [3.8, 4) is 0 Å². The highest BCUT2D eigenvalue weighted by Gasteiger charge is 2.49. The van der Waals surface area contributed by atoms with Gasteiger partial charge in [0.2, 0.25) is 0 Å². The fourth-order valence-electron chi connectivity index (χ4n) is 5.58. The molecule has 3 fully saturated rings. The highest BCUT2D eigenvalue weighted by molar-refractivity contribution is 8.08. The first kappa shape index (κ1) is 31.4. The molecule has 0 heterocycles. The number of nitrogens with zero attached hydrogens (tertiary/aromatic N) is 2. The molecule has 0 bridgehead atoms. The van der Waals surface area contributed by atoms with Crippen LogP contribution in [0.25, 0.3) is 5.53 Å². The van der Waals surface area contributed by atoms with Crippen LogP contribution in [0.5, 0.6) is 0 Å². The second-order valence-electron chi connectivity index (χ2n) is 11.6. The van der Waals surface area contributed by atoms with Crippen molar-refractivity contribution in [2.45, 2.75) is 132 Å². The van der Waals surface area contributed by atoms with Crippen molar-refractivity contribution in [3.05, 3.63) is 5.53 Å². The second kappa shape index (κ2) is 12.8. The fraction of sp³-hybridized carbons (Fsp3) is 0.880. The summed E-state index contributed by atoms with van der Waals surface area (Å²) in [6.07, 6.45) is 10.3. The van der Waals surface area contributed by atoms with E-state index in [0.29, 0.717) is 38.5 Å². The first-order chi connectivity index (χ1) is 17.2. The maximum Gasteiger partial charge on any atom is 0.448 e. The smallest absolute Gasteiger partial charge is 0.448 e. The van der Waals surface area contributed by atoms with E-state index in [9.17, 15) is 26.4 Å². The third-order valence-corrected chi connectivity index (χ3v) is 12.9. The molecule has 2 N–H and O–H groups in total. The van der Waals surface area contributed by atoms with E-state index in [-0.39, 0.29) is 5.25 Å². The minimum absolute atomic E-state index is 0.355. The number of hydrogen-bond acceptors (Lipinski definition) is 6. The monoisotopic (exact) mass is 561 g/mol. The lowest BCUT2D eigenvalue weighted by Crippen LogP contribution is -2.58. The Kier molecular flexibility index (Phi) is 10.9. The average Bonchev–Trinajstić information content (AvgIpc) is 2.85. The maximum absolute atomic E-state index is 12.9. The van der Waals surface area contributed by atoms with Crippen molar-refractivity contribution < 1.29 is 36.3 Å². The summed E-state index contributed by atoms with van der Waals surface area (Å²) in [4.78, 5) is 24.6. The Hall–Kier alpha value is -1.78. The summed E-state index contributed by atoms with van der Waals surface area (Å²) < 4.78 is 50.3. The lowest BCUT2D eigenvalue weighted by molar-refractivity contribution is -0.123. The number of Topliss-reactive ketones (excluding diaryl/α,β-unsaturated/α-hetero) is 1. The van der Waals surface area contributed by atoms with Crippen molar-refractivity contribution in [3.63, 3.8) is 0 Å². The van der Waals surface area contributed by atoms with E-state index >= 15 is 0 Å². The molecule has 212 valence electrons. The van der Waals surface area contributed by atoms with Crippen LogP contribution in [0.4, 0.5) is 4.79 Å². The number of ketones is 1. The molecule has 0 radical (unpaired) electrons. The lowest BCUT2D eigenvalue weighted by Gasteiger charge is -2.40. The number of hydrogen-bond donors (Lipinski definition) is 2. The summed E-state index contributed by atoms with van der Waals surface area (Å²) in [6.45, 7) is 4.82. The zero-order valence-electron chi connectivity index (χ0n) is 22.4. The van der Waals surface area contributed by atoms with Gasteiger partial charge in [-0.25, -0.2) is 21.6 Å². The summed E-state index contributed by atoms with van der Waals surface area (Å²) in [5.41, 5.74) is 8.04. The van der Waals surface area contributed by atoms with Crippen molar-refractivity contribution in [2.75, 3.05) is 0 Å². The summed E-state index contributed by atoms with van der Waals surface area (Å²) in [7, 11) is -7.24. The van der Waals surface area contributed by atoms with Gasteiger partial charge in [0.05, 0.1) is 10.5 Å². The third kappa shape index (κ3) is 7.63. The maximum atomic E-state index is 12.9. The zero-order chi connectivity index (χ0) is 27.9. The predicted molar refractivity (Wildman–Crippen MR) is 142 cm³/mol. The van der Waals surface area contributed by atoms with Gasteiger partial charge in [0, 0.05) is 5.41 Å². The third-order valence-electron chi connectivity index (χ3n) is 7.76. The number of carboxylic acid groups (broad SMARTS) is 1. The molecule has 3 aliphatic carbocycles. The molecule has 0 aromatic carbocycles. The molecule has 37 heavy (non-hydrogen) atoms. The molecule has 0 spiro atoms. The molecular formula is C25H43N3O7S2. The molecule has 0 unspecified atom stereocenters. The van der Waals surface area contributed by atoms with E-state index < -0.39 is 52.1 Å². The fourth-order valence-corrected chi connectivity index (χ4v) is 10.2. The van der Waals surface area contributed by atoms with Crippen LogP contribution in [0.2, 0.25) is 0 Å². The van der Waals surface area contributed by atoms with Crippen molar-refractivity contribution in [1.82, 2.24) is 5.32 Å². The number of nitrogens with one attached hydrogen (secondary N) is 1. The van der Waals surface area contributed by atoms with Crippen LogP contribution in [0.3, 0.4) is 0 Å². The van der Waals surface area contributed by atoms with Gasteiger partial charge in [-0.2, -0.15) is 0 Å². The van der Waals surface area contributed by atoms with Crippen LogP contribution >= 0.6 is 0 Å². The van der Waals surface area contributed by atoms with Crippen molar-refractivity contribution in [2.24, 2.45) is 5.41 Å². The van der Waals surface area contributed by atoms with Crippen molar-refractivity contribution >= 4 is 36.6 Å². The van der Waals surface area contributed by atoms with Gasteiger partial charge in [-0.05, 0) is 38.5 Å². The Balaban J connectivity index is 0.000000261. The normalized spacial score (nSPS) is 21.6. The van der Waals surface area contributed by atoms with E-state index in [1.54, 1.807) is 20.8 Å². The summed E-state index contributed by atoms with van der Waals surface area (Å²) >= 11 is 0. The van der Waals surface area contributed by atoms with Gasteiger partial charge in [0.1, 0.15) is 4.87 Å². The van der Waals surface area contributed by atoms with Gasteiger partial charge < -0.3 is 16.0 Å². The van der Waals surface area contributed by atoms with Crippen LogP contribution in [0, 0.1) is 5.41 Å². The average molecular weight is 562 g/mol. The van der Waals surface area contributed by atoms with E-state index in [4.69, 9.17) is 10.6 Å². The molecule has 0 aliphatic heterocycles. The minimum atomic E-state index is -3.81. The number of carbonyl (C=O) groups excluding carboxylic acids is 1. The highest BCUT2D eigenvalue weighted by Crippen LogP contribution is 2.39. The van der Waals surface area contributed by atoms with E-state index in [1.807, 2.05) is 0 Å². The Labute approximate surface area is 221 Å². The number of sulfone groups is 2. The predicted octanol–water partition coefficient (Wildman–Crippen LogP) is 4.64. The van der Waals surface area contributed by atoms with Crippen LogP contribution in [0.1, 0.15) is 117 Å². The molecule has 0 aromatic rings. The van der Waals surface area contributed by atoms with Crippen LogP contribution in [-0.4, -0.2) is 59.0 Å². The number of amides is 1. The van der Waals surface area contributed by atoms with Crippen molar-refractivity contribution in [1.29, 1.82) is 0 Å². The van der Waals surface area contributed by atoms with Gasteiger partial charge >= 0.3 is 11.1 Å². The van der Waals surface area contributed by atoms with Gasteiger partial charge in [0.15, 0.2) is 9.84 Å². The number of carbonyl (C=O) groups is 2.